The summed E-state index contributed by atoms with van der Waals surface area (Å²) >= 11 is 0. The summed E-state index contributed by atoms with van der Waals surface area (Å²) in [5.74, 6) is 0.872. The highest BCUT2D eigenvalue weighted by molar-refractivity contribution is 5.94. The highest BCUT2D eigenvalue weighted by atomic mass is 16.7. The van der Waals surface area contributed by atoms with E-state index in [1.54, 1.807) is 24.3 Å². The van der Waals surface area contributed by atoms with Gasteiger partial charge in [-0.25, -0.2) is 0 Å². The van der Waals surface area contributed by atoms with Gasteiger partial charge >= 0.3 is 0 Å². The van der Waals surface area contributed by atoms with E-state index in [4.69, 9.17) is 14.2 Å². The molecule has 0 saturated carbocycles. The fraction of sp³-hybridized carbons (Fsp3) is 0.667. The van der Waals surface area contributed by atoms with E-state index in [2.05, 4.69) is 13.8 Å². The number of ether oxygens (including phenoxy) is 3. The minimum atomic E-state index is -0.186. The molecule has 7 nitrogen and oxygen atoms in total. The molecule has 31 heavy (non-hydrogen) atoms. The number of amides is 2. The van der Waals surface area contributed by atoms with Gasteiger partial charge in [0.25, 0.3) is 11.8 Å². The van der Waals surface area contributed by atoms with Crippen molar-refractivity contribution in [3.63, 3.8) is 0 Å². The summed E-state index contributed by atoms with van der Waals surface area (Å²) in [5, 5.41) is 0. The van der Waals surface area contributed by atoms with Crippen molar-refractivity contribution in [2.45, 2.75) is 64.3 Å². The Morgan fingerprint density at radius 1 is 1.00 bits per heavy atom. The first-order valence-electron chi connectivity index (χ1n) is 11.6. The molecule has 3 aliphatic heterocycles. The van der Waals surface area contributed by atoms with Crippen molar-refractivity contribution in [3.05, 3.63) is 29.8 Å². The van der Waals surface area contributed by atoms with Crippen molar-refractivity contribution in [2.75, 3.05) is 32.9 Å². The summed E-state index contributed by atoms with van der Waals surface area (Å²) in [6.45, 7) is 6.90. The Morgan fingerprint density at radius 3 is 2.35 bits per heavy atom. The molecule has 7 heteroatoms. The van der Waals surface area contributed by atoms with Crippen molar-refractivity contribution in [2.24, 2.45) is 5.92 Å². The molecule has 3 fully saturated rings. The van der Waals surface area contributed by atoms with Gasteiger partial charge in [0.1, 0.15) is 5.75 Å². The van der Waals surface area contributed by atoms with Crippen LogP contribution in [0.3, 0.4) is 0 Å². The topological polar surface area (TPSA) is 68.3 Å². The number of carbonyl (C=O) groups excluding carboxylic acids is 2. The third kappa shape index (κ3) is 5.21. The molecule has 0 N–H and O–H groups in total. The minimum Gasteiger partial charge on any atom is -0.484 e. The molecule has 0 bridgehead atoms. The van der Waals surface area contributed by atoms with E-state index < -0.39 is 0 Å². The largest absolute Gasteiger partial charge is 0.484 e. The summed E-state index contributed by atoms with van der Waals surface area (Å²) in [6, 6.07) is 7.62. The molecule has 4 rings (SSSR count). The van der Waals surface area contributed by atoms with Crippen LogP contribution in [0.4, 0.5) is 0 Å². The number of piperidine rings is 2. The second kappa shape index (κ2) is 10.0. The van der Waals surface area contributed by atoms with Gasteiger partial charge in [-0.3, -0.25) is 9.59 Å². The van der Waals surface area contributed by atoms with Crippen molar-refractivity contribution in [1.82, 2.24) is 9.80 Å². The van der Waals surface area contributed by atoms with Crippen LogP contribution in [0.25, 0.3) is 0 Å². The van der Waals surface area contributed by atoms with Gasteiger partial charge < -0.3 is 24.0 Å². The molecule has 3 heterocycles. The van der Waals surface area contributed by atoms with Crippen molar-refractivity contribution in [1.29, 1.82) is 0 Å². The minimum absolute atomic E-state index is 0.0151. The summed E-state index contributed by atoms with van der Waals surface area (Å²) in [5.41, 5.74) is 0.630. The quantitative estimate of drug-likeness (QED) is 0.718. The molecule has 0 aromatic heterocycles. The van der Waals surface area contributed by atoms with E-state index in [1.807, 2.05) is 9.80 Å². The zero-order valence-electron chi connectivity index (χ0n) is 18.6. The van der Waals surface area contributed by atoms with E-state index in [0.717, 1.165) is 32.2 Å². The molecule has 0 radical (unpaired) electrons. The van der Waals surface area contributed by atoms with Crippen LogP contribution in [0.2, 0.25) is 0 Å². The number of carbonyl (C=O) groups is 2. The molecule has 1 aromatic rings. The third-order valence-corrected chi connectivity index (χ3v) is 6.72. The predicted octanol–water partition coefficient (Wildman–Crippen LogP) is 3.08. The maximum atomic E-state index is 13.0. The van der Waals surface area contributed by atoms with Crippen LogP contribution in [0, 0.1) is 5.92 Å². The van der Waals surface area contributed by atoms with Gasteiger partial charge in [0, 0.05) is 36.7 Å². The Bertz CT molecular complexity index is 752. The van der Waals surface area contributed by atoms with Gasteiger partial charge in [-0.1, -0.05) is 0 Å². The normalized spacial score (nSPS) is 27.4. The fourth-order valence-corrected chi connectivity index (χ4v) is 5.07. The average Bonchev–Trinajstić information content (AvgIpc) is 3.33. The van der Waals surface area contributed by atoms with Crippen LogP contribution in [0.1, 0.15) is 56.3 Å². The predicted molar refractivity (Wildman–Crippen MR) is 116 cm³/mol. The molecule has 2 amide bonds. The van der Waals surface area contributed by atoms with Crippen molar-refractivity contribution >= 4 is 11.8 Å². The van der Waals surface area contributed by atoms with E-state index in [1.165, 1.54) is 6.42 Å². The molecular weight excluding hydrogens is 396 g/mol. The van der Waals surface area contributed by atoms with Crippen LogP contribution in [-0.2, 0) is 14.3 Å². The Morgan fingerprint density at radius 2 is 1.68 bits per heavy atom. The maximum Gasteiger partial charge on any atom is 0.260 e. The van der Waals surface area contributed by atoms with Crippen LogP contribution >= 0.6 is 0 Å². The SMILES string of the molecule is CC1CCCC(C)N1C(=O)COc1ccc(C(=O)N2CCCC(C3OCCO3)C2)cc1. The molecule has 1 aromatic carbocycles. The molecule has 3 atom stereocenters. The van der Waals surface area contributed by atoms with Crippen LogP contribution in [0.5, 0.6) is 5.75 Å². The second-order valence-electron chi connectivity index (χ2n) is 9.01. The zero-order valence-corrected chi connectivity index (χ0v) is 18.6. The smallest absolute Gasteiger partial charge is 0.260 e. The highest BCUT2D eigenvalue weighted by Crippen LogP contribution is 2.26. The van der Waals surface area contributed by atoms with Gasteiger partial charge in [0.2, 0.25) is 0 Å². The number of likely N-dealkylation sites (tertiary alicyclic amines) is 2. The van der Waals surface area contributed by atoms with Gasteiger partial charge in [0.15, 0.2) is 12.9 Å². The van der Waals surface area contributed by atoms with Crippen LogP contribution in [0.15, 0.2) is 24.3 Å². The number of nitrogens with zero attached hydrogens (tertiary/aromatic N) is 2. The van der Waals surface area contributed by atoms with Gasteiger partial charge in [-0.15, -0.1) is 0 Å². The van der Waals surface area contributed by atoms with Crippen molar-refractivity contribution < 1.29 is 23.8 Å². The Kier molecular flexibility index (Phi) is 7.13. The Hall–Kier alpha value is -2.12. The van der Waals surface area contributed by atoms with E-state index in [-0.39, 0.29) is 42.7 Å². The Labute approximate surface area is 184 Å². The molecule has 3 unspecified atom stereocenters. The lowest BCUT2D eigenvalue weighted by Gasteiger charge is -2.39. The van der Waals surface area contributed by atoms with Gasteiger partial charge in [-0.2, -0.15) is 0 Å². The molecule has 3 saturated heterocycles. The lowest BCUT2D eigenvalue weighted by atomic mass is 9.96. The van der Waals surface area contributed by atoms with Crippen LogP contribution in [-0.4, -0.2) is 72.9 Å². The zero-order chi connectivity index (χ0) is 21.8. The first-order valence-corrected chi connectivity index (χ1v) is 11.6. The second-order valence-corrected chi connectivity index (χ2v) is 9.01. The lowest BCUT2D eigenvalue weighted by Crippen LogP contribution is -2.49. The highest BCUT2D eigenvalue weighted by Gasteiger charge is 2.33. The first kappa shape index (κ1) is 22.1. The van der Waals surface area contributed by atoms with Gasteiger partial charge in [-0.05, 0) is 70.2 Å². The molecule has 170 valence electrons. The molecule has 0 aliphatic carbocycles. The monoisotopic (exact) mass is 430 g/mol. The van der Waals surface area contributed by atoms with E-state index in [0.29, 0.717) is 31.1 Å². The lowest BCUT2D eigenvalue weighted by molar-refractivity contribution is -0.139. The maximum absolute atomic E-state index is 13.0. The van der Waals surface area contributed by atoms with Crippen molar-refractivity contribution in [3.8, 4) is 5.75 Å². The molecule has 0 spiro atoms. The summed E-state index contributed by atoms with van der Waals surface area (Å²) in [6.07, 6.45) is 5.04. The summed E-state index contributed by atoms with van der Waals surface area (Å²) < 4.78 is 17.0. The van der Waals surface area contributed by atoms with E-state index >= 15 is 0 Å². The summed E-state index contributed by atoms with van der Waals surface area (Å²) in [4.78, 5) is 29.4. The Balaban J connectivity index is 1.30. The standard InChI is InChI=1S/C24H34N2O5/c1-17-5-3-6-18(2)26(17)22(27)16-31-21-10-8-19(9-11-21)23(28)25-12-4-7-20(15-25)24-29-13-14-30-24/h8-11,17-18,20,24H,3-7,12-16H2,1-2H3. The number of rotatable bonds is 5. The number of benzene rings is 1. The summed E-state index contributed by atoms with van der Waals surface area (Å²) in [7, 11) is 0. The average molecular weight is 431 g/mol. The van der Waals surface area contributed by atoms with E-state index in [9.17, 15) is 9.59 Å². The fourth-order valence-electron chi connectivity index (χ4n) is 5.07. The van der Waals surface area contributed by atoms with Gasteiger partial charge in [0.05, 0.1) is 13.2 Å². The first-order chi connectivity index (χ1) is 15.0. The number of hydrogen-bond donors (Lipinski definition) is 0. The molecular formula is C24H34N2O5. The number of hydrogen-bond acceptors (Lipinski definition) is 5. The third-order valence-electron chi connectivity index (χ3n) is 6.72. The molecule has 3 aliphatic rings. The van der Waals surface area contributed by atoms with Crippen LogP contribution < -0.4 is 4.74 Å².